The second-order valence-corrected chi connectivity index (χ2v) is 5.04. The van der Waals surface area contributed by atoms with Gasteiger partial charge >= 0.3 is 0 Å². The Balaban J connectivity index is 2.25. The molecule has 0 unspecified atom stereocenters. The predicted octanol–water partition coefficient (Wildman–Crippen LogP) is 1.56. The molecule has 0 spiro atoms. The number of aromatic nitrogens is 4. The molecular formula is C10H11ClN6OS. The molecule has 0 radical (unpaired) electrons. The van der Waals surface area contributed by atoms with Crippen molar-refractivity contribution < 1.29 is 0 Å². The third-order valence-corrected chi connectivity index (χ3v) is 3.33. The number of aliphatic imine (C=N–C) groups is 1. The highest BCUT2D eigenvalue weighted by molar-refractivity contribution is 7.14. The number of H-pyrrole nitrogens is 1. The Bertz CT molecular complexity index is 664. The molecule has 0 fully saturated rings. The van der Waals surface area contributed by atoms with E-state index in [9.17, 15) is 4.79 Å². The van der Waals surface area contributed by atoms with Gasteiger partial charge in [0.2, 0.25) is 11.1 Å². The SMILES string of the molecule is CCCc1nnc(/N=C/c2c(Cl)nc(N)[nH]c2=O)s1. The number of hydrogen-bond donors (Lipinski definition) is 2. The summed E-state index contributed by atoms with van der Waals surface area (Å²) < 4.78 is 0. The summed E-state index contributed by atoms with van der Waals surface area (Å²) in [7, 11) is 0. The second kappa shape index (κ2) is 5.89. The highest BCUT2D eigenvalue weighted by Crippen LogP contribution is 2.19. The molecule has 0 aliphatic heterocycles. The summed E-state index contributed by atoms with van der Waals surface area (Å²) in [4.78, 5) is 21.8. The largest absolute Gasteiger partial charge is 0.369 e. The van der Waals surface area contributed by atoms with Gasteiger partial charge in [0.15, 0.2) is 0 Å². The molecule has 2 aromatic heterocycles. The number of nitrogen functional groups attached to an aromatic ring is 1. The molecule has 0 bridgehead atoms. The lowest BCUT2D eigenvalue weighted by molar-refractivity contribution is 0.878. The van der Waals surface area contributed by atoms with E-state index in [0.717, 1.165) is 17.8 Å². The van der Waals surface area contributed by atoms with Gasteiger partial charge < -0.3 is 5.73 Å². The quantitative estimate of drug-likeness (QED) is 0.657. The number of hydrogen-bond acceptors (Lipinski definition) is 7. The average molecular weight is 299 g/mol. The van der Waals surface area contributed by atoms with Crippen molar-refractivity contribution in [3.63, 3.8) is 0 Å². The number of rotatable bonds is 4. The minimum atomic E-state index is -0.445. The van der Waals surface area contributed by atoms with E-state index in [2.05, 4.69) is 32.1 Å². The molecule has 3 N–H and O–H groups in total. The number of aryl methyl sites for hydroxylation is 1. The second-order valence-electron chi connectivity index (χ2n) is 3.64. The molecule has 0 aliphatic rings. The van der Waals surface area contributed by atoms with Crippen LogP contribution in [0.15, 0.2) is 9.79 Å². The van der Waals surface area contributed by atoms with Crippen LogP contribution < -0.4 is 11.3 Å². The predicted molar refractivity (Wildman–Crippen MR) is 75.4 cm³/mol. The third-order valence-electron chi connectivity index (χ3n) is 2.15. The van der Waals surface area contributed by atoms with E-state index in [1.165, 1.54) is 17.6 Å². The first kappa shape index (κ1) is 13.6. The van der Waals surface area contributed by atoms with Crippen molar-refractivity contribution in [1.29, 1.82) is 0 Å². The van der Waals surface area contributed by atoms with E-state index in [1.807, 2.05) is 0 Å². The monoisotopic (exact) mass is 298 g/mol. The summed E-state index contributed by atoms with van der Waals surface area (Å²) in [5.74, 6) is -0.0340. The molecule has 100 valence electrons. The molecule has 0 saturated heterocycles. The Kier molecular flexibility index (Phi) is 4.23. The standard InChI is InChI=1S/C10H11ClN6OS/c1-2-3-6-16-17-10(19-6)13-4-5-7(11)14-9(12)15-8(5)18/h4H,2-3H2,1H3,(H3,12,14,15,18)/b13-4+. The summed E-state index contributed by atoms with van der Waals surface area (Å²) in [6.45, 7) is 2.06. The van der Waals surface area contributed by atoms with E-state index in [4.69, 9.17) is 17.3 Å². The van der Waals surface area contributed by atoms with Crippen molar-refractivity contribution in [1.82, 2.24) is 20.2 Å². The van der Waals surface area contributed by atoms with Gasteiger partial charge in [-0.25, -0.2) is 9.98 Å². The van der Waals surface area contributed by atoms with Crippen molar-refractivity contribution >= 4 is 40.2 Å². The van der Waals surface area contributed by atoms with E-state index >= 15 is 0 Å². The lowest BCUT2D eigenvalue weighted by Crippen LogP contribution is -2.16. The fourth-order valence-corrected chi connectivity index (χ4v) is 2.33. The molecule has 0 aliphatic carbocycles. The Morgan fingerprint density at radius 1 is 1.53 bits per heavy atom. The Labute approximate surface area is 117 Å². The van der Waals surface area contributed by atoms with Crippen LogP contribution in [-0.2, 0) is 6.42 Å². The van der Waals surface area contributed by atoms with E-state index in [-0.39, 0.29) is 16.7 Å². The average Bonchev–Trinajstić information content (AvgIpc) is 2.76. The molecule has 0 atom stereocenters. The van der Waals surface area contributed by atoms with Crippen LogP contribution in [0.5, 0.6) is 0 Å². The summed E-state index contributed by atoms with van der Waals surface area (Å²) in [5, 5.41) is 9.25. The molecule has 0 amide bonds. The zero-order valence-corrected chi connectivity index (χ0v) is 11.6. The molecule has 7 nitrogen and oxygen atoms in total. The van der Waals surface area contributed by atoms with Gasteiger partial charge in [-0.05, 0) is 6.42 Å². The number of anilines is 1. The summed E-state index contributed by atoms with van der Waals surface area (Å²) in [6, 6.07) is 0. The number of nitrogens with one attached hydrogen (secondary N) is 1. The van der Waals surface area contributed by atoms with Gasteiger partial charge in [-0.15, -0.1) is 10.2 Å². The van der Waals surface area contributed by atoms with Crippen molar-refractivity contribution in [2.45, 2.75) is 19.8 Å². The normalized spacial score (nSPS) is 11.3. The Morgan fingerprint density at radius 3 is 3.00 bits per heavy atom. The van der Waals surface area contributed by atoms with Crippen LogP contribution in [0.4, 0.5) is 11.1 Å². The highest BCUT2D eigenvalue weighted by atomic mass is 35.5. The van der Waals surface area contributed by atoms with E-state index in [0.29, 0.717) is 5.13 Å². The van der Waals surface area contributed by atoms with Gasteiger partial charge in [0, 0.05) is 12.6 Å². The molecule has 9 heteroatoms. The van der Waals surface area contributed by atoms with Crippen LogP contribution in [0.25, 0.3) is 0 Å². The van der Waals surface area contributed by atoms with Gasteiger partial charge in [-0.1, -0.05) is 29.9 Å². The van der Waals surface area contributed by atoms with Crippen molar-refractivity contribution in [2.75, 3.05) is 5.73 Å². The summed E-state index contributed by atoms with van der Waals surface area (Å²) in [6.07, 6.45) is 3.16. The third kappa shape index (κ3) is 3.36. The molecule has 19 heavy (non-hydrogen) atoms. The van der Waals surface area contributed by atoms with Gasteiger partial charge in [0.1, 0.15) is 10.2 Å². The molecule has 2 heterocycles. The number of aromatic amines is 1. The van der Waals surface area contributed by atoms with Crippen molar-refractivity contribution in [2.24, 2.45) is 4.99 Å². The van der Waals surface area contributed by atoms with Crippen LogP contribution in [0.3, 0.4) is 0 Å². The maximum atomic E-state index is 11.6. The zero-order chi connectivity index (χ0) is 13.8. The molecular weight excluding hydrogens is 288 g/mol. The van der Waals surface area contributed by atoms with Gasteiger partial charge in [0.05, 0.1) is 5.56 Å². The van der Waals surface area contributed by atoms with Crippen LogP contribution in [0.1, 0.15) is 23.9 Å². The van der Waals surface area contributed by atoms with Crippen molar-refractivity contribution in [3.8, 4) is 0 Å². The first-order valence-corrected chi connectivity index (χ1v) is 6.71. The minimum Gasteiger partial charge on any atom is -0.369 e. The fourth-order valence-electron chi connectivity index (χ4n) is 1.31. The van der Waals surface area contributed by atoms with E-state index < -0.39 is 5.56 Å². The van der Waals surface area contributed by atoms with Crippen LogP contribution in [0, 0.1) is 0 Å². The molecule has 0 aromatic carbocycles. The fraction of sp³-hybridized carbons (Fsp3) is 0.300. The van der Waals surface area contributed by atoms with Crippen LogP contribution in [0.2, 0.25) is 5.15 Å². The zero-order valence-electron chi connectivity index (χ0n) is 10.1. The lowest BCUT2D eigenvalue weighted by atomic mass is 10.4. The number of nitrogens with two attached hydrogens (primary N) is 1. The highest BCUT2D eigenvalue weighted by Gasteiger charge is 2.07. The first-order chi connectivity index (χ1) is 9.10. The number of halogens is 1. The molecule has 2 aromatic rings. The summed E-state index contributed by atoms with van der Waals surface area (Å²) in [5.41, 5.74) is 5.05. The minimum absolute atomic E-state index is 0.00305. The van der Waals surface area contributed by atoms with E-state index in [1.54, 1.807) is 0 Å². The molecule has 2 rings (SSSR count). The first-order valence-electron chi connectivity index (χ1n) is 5.52. The number of nitrogens with zero attached hydrogens (tertiary/aromatic N) is 4. The van der Waals surface area contributed by atoms with Crippen LogP contribution >= 0.6 is 22.9 Å². The topological polar surface area (TPSA) is 110 Å². The maximum absolute atomic E-state index is 11.6. The van der Waals surface area contributed by atoms with Gasteiger partial charge in [-0.2, -0.15) is 0 Å². The Morgan fingerprint density at radius 2 is 2.32 bits per heavy atom. The Hall–Kier alpha value is -1.80. The lowest BCUT2D eigenvalue weighted by Gasteiger charge is -1.96. The van der Waals surface area contributed by atoms with Gasteiger partial charge in [0.25, 0.3) is 5.56 Å². The smallest absolute Gasteiger partial charge is 0.262 e. The van der Waals surface area contributed by atoms with Crippen LogP contribution in [-0.4, -0.2) is 26.4 Å². The maximum Gasteiger partial charge on any atom is 0.262 e. The summed E-state index contributed by atoms with van der Waals surface area (Å²) >= 11 is 7.19. The van der Waals surface area contributed by atoms with Gasteiger partial charge in [-0.3, -0.25) is 9.78 Å². The van der Waals surface area contributed by atoms with Crippen molar-refractivity contribution in [3.05, 3.63) is 26.1 Å². The molecule has 0 saturated carbocycles.